The first-order chi connectivity index (χ1) is 10.3. The first kappa shape index (κ1) is 16.7. The Morgan fingerprint density at radius 3 is 2.77 bits per heavy atom. The SMILES string of the molecule is CCOC1CCCN(c2cc([N+](=O)[O-])cc(S(N)(=O)=O)c2)C1. The summed E-state index contributed by atoms with van der Waals surface area (Å²) in [6.07, 6.45) is 1.83. The molecule has 1 heterocycles. The van der Waals surface area contributed by atoms with Gasteiger partial charge in [-0.15, -0.1) is 0 Å². The number of sulfonamides is 1. The van der Waals surface area contributed by atoms with Crippen LogP contribution in [0.1, 0.15) is 19.8 Å². The zero-order valence-electron chi connectivity index (χ0n) is 12.3. The van der Waals surface area contributed by atoms with Gasteiger partial charge in [0.15, 0.2) is 0 Å². The second-order valence-corrected chi connectivity index (χ2v) is 6.71. The Morgan fingerprint density at radius 1 is 1.45 bits per heavy atom. The predicted octanol–water partition coefficient (Wildman–Crippen LogP) is 1.25. The fourth-order valence-corrected chi connectivity index (χ4v) is 3.13. The van der Waals surface area contributed by atoms with Crippen LogP contribution in [0.15, 0.2) is 23.1 Å². The van der Waals surface area contributed by atoms with Crippen molar-refractivity contribution in [1.29, 1.82) is 0 Å². The molecule has 1 unspecified atom stereocenters. The number of benzene rings is 1. The normalized spacial score (nSPS) is 19.2. The fourth-order valence-electron chi connectivity index (χ4n) is 2.56. The number of piperidine rings is 1. The van der Waals surface area contributed by atoms with Crippen molar-refractivity contribution >= 4 is 21.4 Å². The number of nitrogens with zero attached hydrogens (tertiary/aromatic N) is 2. The zero-order chi connectivity index (χ0) is 16.3. The summed E-state index contributed by atoms with van der Waals surface area (Å²) in [7, 11) is -4.01. The van der Waals surface area contributed by atoms with Gasteiger partial charge in [-0.05, 0) is 25.8 Å². The van der Waals surface area contributed by atoms with Crippen LogP contribution < -0.4 is 10.0 Å². The topological polar surface area (TPSA) is 116 Å². The third kappa shape index (κ3) is 3.93. The van der Waals surface area contributed by atoms with Crippen LogP contribution in [0.4, 0.5) is 11.4 Å². The summed E-state index contributed by atoms with van der Waals surface area (Å²) in [4.78, 5) is 12.0. The van der Waals surface area contributed by atoms with Crippen molar-refractivity contribution < 1.29 is 18.1 Å². The van der Waals surface area contributed by atoms with Gasteiger partial charge >= 0.3 is 0 Å². The Bertz CT molecular complexity index is 660. The number of hydrogen-bond acceptors (Lipinski definition) is 6. The second kappa shape index (κ2) is 6.59. The van der Waals surface area contributed by atoms with Gasteiger partial charge in [0.25, 0.3) is 5.69 Å². The van der Waals surface area contributed by atoms with E-state index in [9.17, 15) is 18.5 Å². The van der Waals surface area contributed by atoms with Gasteiger partial charge in [-0.25, -0.2) is 13.6 Å². The Kier molecular flexibility index (Phi) is 4.99. The molecular weight excluding hydrogens is 310 g/mol. The van der Waals surface area contributed by atoms with Crippen molar-refractivity contribution in [3.05, 3.63) is 28.3 Å². The van der Waals surface area contributed by atoms with Crippen LogP contribution >= 0.6 is 0 Å². The first-order valence-corrected chi connectivity index (χ1v) is 8.54. The van der Waals surface area contributed by atoms with Crippen LogP contribution in [0.25, 0.3) is 0 Å². The Morgan fingerprint density at radius 2 is 2.18 bits per heavy atom. The maximum Gasteiger partial charge on any atom is 0.272 e. The molecule has 0 bridgehead atoms. The fraction of sp³-hybridized carbons (Fsp3) is 0.538. The highest BCUT2D eigenvalue weighted by atomic mass is 32.2. The van der Waals surface area contributed by atoms with Gasteiger partial charge in [0.05, 0.1) is 15.9 Å². The van der Waals surface area contributed by atoms with Gasteiger partial charge in [-0.2, -0.15) is 0 Å². The van der Waals surface area contributed by atoms with Gasteiger partial charge in [0.1, 0.15) is 0 Å². The van der Waals surface area contributed by atoms with Crippen molar-refractivity contribution in [1.82, 2.24) is 0 Å². The summed E-state index contributed by atoms with van der Waals surface area (Å²) in [5.41, 5.74) is 0.183. The second-order valence-electron chi connectivity index (χ2n) is 5.15. The Balaban J connectivity index is 2.37. The number of hydrogen-bond donors (Lipinski definition) is 1. The minimum Gasteiger partial charge on any atom is -0.377 e. The summed E-state index contributed by atoms with van der Waals surface area (Å²) in [6.45, 7) is 3.76. The maximum absolute atomic E-state index is 11.5. The lowest BCUT2D eigenvalue weighted by atomic mass is 10.1. The molecule has 1 aromatic rings. The van der Waals surface area contributed by atoms with Crippen molar-refractivity contribution in [3.8, 4) is 0 Å². The van der Waals surface area contributed by atoms with E-state index < -0.39 is 14.9 Å². The van der Waals surface area contributed by atoms with Gasteiger partial charge in [0, 0.05) is 37.5 Å². The van der Waals surface area contributed by atoms with E-state index in [-0.39, 0.29) is 16.7 Å². The standard InChI is InChI=1S/C13H19N3O5S/c1-2-21-12-4-3-5-15(9-12)10-6-11(16(17)18)8-13(7-10)22(14,19)20/h6-8,12H,2-5,9H2,1H3,(H2,14,19,20). The highest BCUT2D eigenvalue weighted by Crippen LogP contribution is 2.28. The van der Waals surface area contributed by atoms with E-state index in [1.165, 1.54) is 12.1 Å². The smallest absolute Gasteiger partial charge is 0.272 e. The van der Waals surface area contributed by atoms with Crippen molar-refractivity contribution in [2.75, 3.05) is 24.6 Å². The van der Waals surface area contributed by atoms with Gasteiger partial charge < -0.3 is 9.64 Å². The number of nitro groups is 1. The maximum atomic E-state index is 11.5. The van der Waals surface area contributed by atoms with Gasteiger partial charge in [-0.3, -0.25) is 10.1 Å². The summed E-state index contributed by atoms with van der Waals surface area (Å²) in [5, 5.41) is 16.1. The molecule has 1 aliphatic heterocycles. The number of primary sulfonamides is 1. The number of ether oxygens (including phenoxy) is 1. The van der Waals surface area contributed by atoms with E-state index in [0.717, 1.165) is 18.9 Å². The van der Waals surface area contributed by atoms with Crippen LogP contribution in [0.2, 0.25) is 0 Å². The molecule has 22 heavy (non-hydrogen) atoms. The largest absolute Gasteiger partial charge is 0.377 e. The summed E-state index contributed by atoms with van der Waals surface area (Å²) in [5.74, 6) is 0. The molecule has 1 fully saturated rings. The number of nitrogens with two attached hydrogens (primary N) is 1. The lowest BCUT2D eigenvalue weighted by Crippen LogP contribution is -2.39. The molecule has 0 saturated carbocycles. The lowest BCUT2D eigenvalue weighted by Gasteiger charge is -2.34. The molecule has 8 nitrogen and oxygen atoms in total. The van der Waals surface area contributed by atoms with Crippen molar-refractivity contribution in [2.24, 2.45) is 5.14 Å². The quantitative estimate of drug-likeness (QED) is 0.642. The van der Waals surface area contributed by atoms with Gasteiger partial charge in [-0.1, -0.05) is 0 Å². The lowest BCUT2D eigenvalue weighted by molar-refractivity contribution is -0.385. The van der Waals surface area contributed by atoms with E-state index >= 15 is 0 Å². The molecule has 2 rings (SSSR count). The van der Waals surface area contributed by atoms with Crippen LogP contribution in [0, 0.1) is 10.1 Å². The predicted molar refractivity (Wildman–Crippen MR) is 81.3 cm³/mol. The molecule has 9 heteroatoms. The highest BCUT2D eigenvalue weighted by Gasteiger charge is 2.24. The molecule has 0 amide bonds. The number of nitro benzene ring substituents is 1. The highest BCUT2D eigenvalue weighted by molar-refractivity contribution is 7.89. The third-order valence-electron chi connectivity index (χ3n) is 3.56. The molecule has 2 N–H and O–H groups in total. The van der Waals surface area contributed by atoms with Crippen LogP contribution in [-0.4, -0.2) is 39.1 Å². The Labute approximate surface area is 129 Å². The van der Waals surface area contributed by atoms with E-state index in [0.29, 0.717) is 25.4 Å². The molecule has 0 radical (unpaired) electrons. The minimum absolute atomic E-state index is 0.0379. The summed E-state index contributed by atoms with van der Waals surface area (Å²) in [6, 6.07) is 3.71. The molecule has 1 saturated heterocycles. The molecule has 0 spiro atoms. The van der Waals surface area contributed by atoms with Crippen molar-refractivity contribution in [3.63, 3.8) is 0 Å². The molecule has 0 aromatic heterocycles. The van der Waals surface area contributed by atoms with Crippen molar-refractivity contribution in [2.45, 2.75) is 30.8 Å². The van der Waals surface area contributed by atoms with Crippen LogP contribution in [0.3, 0.4) is 0 Å². The van der Waals surface area contributed by atoms with E-state index in [4.69, 9.17) is 9.88 Å². The summed E-state index contributed by atoms with van der Waals surface area (Å²) < 4.78 is 28.6. The van der Waals surface area contributed by atoms with Crippen LogP contribution in [0.5, 0.6) is 0 Å². The average Bonchev–Trinajstić information content (AvgIpc) is 2.46. The summed E-state index contributed by atoms with van der Waals surface area (Å²) >= 11 is 0. The number of non-ortho nitro benzene ring substituents is 1. The molecule has 1 aliphatic rings. The van der Waals surface area contributed by atoms with E-state index in [2.05, 4.69) is 0 Å². The molecule has 1 aromatic carbocycles. The van der Waals surface area contributed by atoms with Gasteiger partial charge in [0.2, 0.25) is 10.0 Å². The zero-order valence-corrected chi connectivity index (χ0v) is 13.1. The molecular formula is C13H19N3O5S. The number of rotatable bonds is 5. The minimum atomic E-state index is -4.01. The van der Waals surface area contributed by atoms with E-state index in [1.54, 1.807) is 0 Å². The average molecular weight is 329 g/mol. The Hall–Kier alpha value is -1.71. The number of anilines is 1. The first-order valence-electron chi connectivity index (χ1n) is 7.00. The monoisotopic (exact) mass is 329 g/mol. The third-order valence-corrected chi connectivity index (χ3v) is 4.45. The molecule has 0 aliphatic carbocycles. The van der Waals surface area contributed by atoms with E-state index in [1.807, 2.05) is 11.8 Å². The molecule has 122 valence electrons. The van der Waals surface area contributed by atoms with Crippen LogP contribution in [-0.2, 0) is 14.8 Å². The molecule has 1 atom stereocenters.